The fraction of sp³-hybridized carbons (Fsp3) is 0.280. The number of fused-ring (bicyclic) bond motifs is 1. The molecule has 1 N–H and O–H groups in total. The first-order valence-corrected chi connectivity index (χ1v) is 11.0. The number of methoxy groups -OCH3 is 2. The number of H-pyrrole nitrogens is 1. The highest BCUT2D eigenvalue weighted by Gasteiger charge is 2.32. The number of rotatable bonds is 6. The van der Waals surface area contributed by atoms with Crippen molar-refractivity contribution in [2.75, 3.05) is 19.1 Å². The molecular formula is C25H24N4O5. The highest BCUT2D eigenvalue weighted by molar-refractivity contribution is 6.11. The Kier molecular flexibility index (Phi) is 5.53. The molecule has 5 rings (SSSR count). The van der Waals surface area contributed by atoms with Crippen LogP contribution in [0.15, 0.2) is 42.5 Å². The highest BCUT2D eigenvalue weighted by atomic mass is 16.5. The molecule has 0 atom stereocenters. The van der Waals surface area contributed by atoms with E-state index in [9.17, 15) is 14.4 Å². The Morgan fingerprint density at radius 2 is 1.76 bits per heavy atom. The maximum Gasteiger partial charge on any atom is 0.258 e. The van der Waals surface area contributed by atoms with E-state index >= 15 is 0 Å². The van der Waals surface area contributed by atoms with Crippen LogP contribution in [0.3, 0.4) is 0 Å². The van der Waals surface area contributed by atoms with Gasteiger partial charge in [0.15, 0.2) is 0 Å². The first-order valence-electron chi connectivity index (χ1n) is 11.0. The zero-order valence-electron chi connectivity index (χ0n) is 19.0. The van der Waals surface area contributed by atoms with E-state index in [1.54, 1.807) is 43.4 Å². The zero-order valence-corrected chi connectivity index (χ0v) is 19.0. The third kappa shape index (κ3) is 3.79. The Balaban J connectivity index is 1.48. The van der Waals surface area contributed by atoms with Crippen LogP contribution in [0.1, 0.15) is 40.7 Å². The first kappa shape index (κ1) is 21.7. The summed E-state index contributed by atoms with van der Waals surface area (Å²) in [6.07, 6.45) is 1.28. The van der Waals surface area contributed by atoms with Crippen molar-refractivity contribution in [2.45, 2.75) is 32.4 Å². The van der Waals surface area contributed by atoms with Crippen molar-refractivity contribution in [3.8, 4) is 22.9 Å². The third-order valence-electron chi connectivity index (χ3n) is 6.28. The quantitative estimate of drug-likeness (QED) is 0.566. The maximum atomic E-state index is 13.4. The molecule has 2 aliphatic rings. The number of hydrogen-bond donors (Lipinski definition) is 1. The Hall–Kier alpha value is -4.14. The number of aromatic nitrogens is 2. The molecule has 2 aliphatic heterocycles. The van der Waals surface area contributed by atoms with E-state index < -0.39 is 0 Å². The van der Waals surface area contributed by atoms with Gasteiger partial charge >= 0.3 is 0 Å². The fourth-order valence-corrected chi connectivity index (χ4v) is 4.44. The molecule has 1 fully saturated rings. The van der Waals surface area contributed by atoms with Crippen molar-refractivity contribution >= 4 is 23.4 Å². The van der Waals surface area contributed by atoms with Gasteiger partial charge in [-0.15, -0.1) is 5.10 Å². The molecule has 0 saturated carbocycles. The molecule has 174 valence electrons. The topological polar surface area (TPSA) is 105 Å². The molecule has 0 bridgehead atoms. The van der Waals surface area contributed by atoms with Gasteiger partial charge in [0.1, 0.15) is 5.75 Å². The van der Waals surface area contributed by atoms with Crippen molar-refractivity contribution < 1.29 is 23.9 Å². The van der Waals surface area contributed by atoms with Crippen molar-refractivity contribution in [1.29, 1.82) is 0 Å². The lowest BCUT2D eigenvalue weighted by Gasteiger charge is -2.27. The van der Waals surface area contributed by atoms with Gasteiger partial charge in [-0.2, -0.15) is 0 Å². The third-order valence-corrected chi connectivity index (χ3v) is 6.28. The van der Waals surface area contributed by atoms with Crippen LogP contribution in [-0.4, -0.2) is 47.0 Å². The number of ether oxygens (including phenoxy) is 2. The van der Waals surface area contributed by atoms with Crippen molar-refractivity contribution in [3.05, 3.63) is 59.2 Å². The van der Waals surface area contributed by atoms with Crippen LogP contribution in [-0.2, 0) is 22.7 Å². The van der Waals surface area contributed by atoms with E-state index in [4.69, 9.17) is 9.47 Å². The molecule has 3 amide bonds. The smallest absolute Gasteiger partial charge is 0.258 e. The van der Waals surface area contributed by atoms with E-state index in [1.165, 1.54) is 4.90 Å². The maximum absolute atomic E-state index is 13.4. The van der Waals surface area contributed by atoms with Crippen LogP contribution in [0.4, 0.5) is 5.69 Å². The summed E-state index contributed by atoms with van der Waals surface area (Å²) in [5.41, 5.74) is 4.49. The number of imide groups is 1. The number of amides is 3. The van der Waals surface area contributed by atoms with Gasteiger partial charge in [-0.25, -0.2) is 0 Å². The summed E-state index contributed by atoms with van der Waals surface area (Å²) < 4.78 is 10.5. The highest BCUT2D eigenvalue weighted by Crippen LogP contribution is 2.36. The summed E-state index contributed by atoms with van der Waals surface area (Å²) in [5, 5.41) is 7.02. The summed E-state index contributed by atoms with van der Waals surface area (Å²) in [5.74, 6) is 0.553. The van der Waals surface area contributed by atoms with Crippen LogP contribution in [0.5, 0.6) is 11.6 Å². The minimum absolute atomic E-state index is 0.121. The second-order valence-electron chi connectivity index (χ2n) is 8.31. The average molecular weight is 460 g/mol. The molecule has 0 spiro atoms. The van der Waals surface area contributed by atoms with Gasteiger partial charge < -0.3 is 14.4 Å². The normalized spacial score (nSPS) is 15.6. The number of nitrogens with one attached hydrogen (secondary N) is 1. The van der Waals surface area contributed by atoms with Gasteiger partial charge in [0.2, 0.25) is 17.7 Å². The SMILES string of the molecule is COc1ccc(CN2C(=O)CCCC2=O)c(N2Cc3cc(-c4cc(OC)n[nH]4)ccc3C2=O)c1. The number of aromatic amines is 1. The lowest BCUT2D eigenvalue weighted by molar-refractivity contribution is -0.148. The predicted molar refractivity (Wildman–Crippen MR) is 123 cm³/mol. The standard InChI is InChI=1S/C25H24N4O5/c1-33-18-8-6-16(13-29-23(30)4-3-5-24(29)31)21(11-18)28-14-17-10-15(7-9-19(17)25(28)32)20-12-22(34-2)27-26-20/h6-12H,3-5,13-14H2,1-2H3,(H,26,27). The minimum Gasteiger partial charge on any atom is -0.497 e. The number of likely N-dealkylation sites (tertiary alicyclic amines) is 1. The lowest BCUT2D eigenvalue weighted by atomic mass is 10.0. The first-order chi connectivity index (χ1) is 16.5. The number of carbonyl (C=O) groups excluding carboxylic acids is 3. The molecule has 1 saturated heterocycles. The minimum atomic E-state index is -0.186. The molecule has 3 aromatic rings. The second-order valence-corrected chi connectivity index (χ2v) is 8.31. The van der Waals surface area contributed by atoms with Gasteiger partial charge in [-0.05, 0) is 35.7 Å². The van der Waals surface area contributed by atoms with Gasteiger partial charge in [-0.1, -0.05) is 12.1 Å². The molecule has 0 unspecified atom stereocenters. The molecule has 34 heavy (non-hydrogen) atoms. The molecule has 0 aliphatic carbocycles. The van der Waals surface area contributed by atoms with E-state index in [0.29, 0.717) is 54.3 Å². The average Bonchev–Trinajstić information content (AvgIpc) is 3.46. The molecule has 9 nitrogen and oxygen atoms in total. The van der Waals surface area contributed by atoms with Crippen LogP contribution in [0, 0.1) is 0 Å². The molecule has 9 heteroatoms. The Bertz CT molecular complexity index is 1280. The van der Waals surface area contributed by atoms with Crippen LogP contribution < -0.4 is 14.4 Å². The van der Waals surface area contributed by atoms with Crippen LogP contribution in [0.25, 0.3) is 11.3 Å². The lowest BCUT2D eigenvalue weighted by Crippen LogP contribution is -2.39. The van der Waals surface area contributed by atoms with Gasteiger partial charge in [0, 0.05) is 36.1 Å². The Labute approximate surface area is 196 Å². The van der Waals surface area contributed by atoms with Gasteiger partial charge in [0.05, 0.1) is 38.7 Å². The van der Waals surface area contributed by atoms with Crippen molar-refractivity contribution in [2.24, 2.45) is 0 Å². The predicted octanol–water partition coefficient (Wildman–Crippen LogP) is 3.29. The summed E-state index contributed by atoms with van der Waals surface area (Å²) in [6.45, 7) is 0.478. The largest absolute Gasteiger partial charge is 0.497 e. The molecule has 1 aromatic heterocycles. The molecule has 3 heterocycles. The number of nitrogens with zero attached hydrogens (tertiary/aromatic N) is 3. The van der Waals surface area contributed by atoms with Crippen LogP contribution in [0.2, 0.25) is 0 Å². The van der Waals surface area contributed by atoms with Crippen molar-refractivity contribution in [1.82, 2.24) is 15.1 Å². The van der Waals surface area contributed by atoms with Gasteiger partial charge in [0.25, 0.3) is 5.91 Å². The number of piperidine rings is 1. The van der Waals surface area contributed by atoms with E-state index in [1.807, 2.05) is 18.2 Å². The number of benzene rings is 2. The Morgan fingerprint density at radius 3 is 2.47 bits per heavy atom. The Morgan fingerprint density at radius 1 is 0.971 bits per heavy atom. The van der Waals surface area contributed by atoms with Gasteiger partial charge in [-0.3, -0.25) is 24.4 Å². The zero-order chi connectivity index (χ0) is 23.8. The van der Waals surface area contributed by atoms with E-state index in [0.717, 1.165) is 16.8 Å². The van der Waals surface area contributed by atoms with Crippen molar-refractivity contribution in [3.63, 3.8) is 0 Å². The number of anilines is 1. The summed E-state index contributed by atoms with van der Waals surface area (Å²) >= 11 is 0. The number of hydrogen-bond acceptors (Lipinski definition) is 6. The number of carbonyl (C=O) groups is 3. The second kappa shape index (κ2) is 8.66. The van der Waals surface area contributed by atoms with E-state index in [-0.39, 0.29) is 24.3 Å². The van der Waals surface area contributed by atoms with E-state index in [2.05, 4.69) is 10.2 Å². The molecule has 0 radical (unpaired) electrons. The summed E-state index contributed by atoms with van der Waals surface area (Å²) in [4.78, 5) is 41.1. The monoisotopic (exact) mass is 460 g/mol. The summed E-state index contributed by atoms with van der Waals surface area (Å²) in [6, 6.07) is 12.8. The fourth-order valence-electron chi connectivity index (χ4n) is 4.44. The van der Waals surface area contributed by atoms with Crippen LogP contribution >= 0.6 is 0 Å². The summed E-state index contributed by atoms with van der Waals surface area (Å²) in [7, 11) is 3.11. The molecular weight excluding hydrogens is 436 g/mol. The molecule has 2 aromatic carbocycles.